The van der Waals surface area contributed by atoms with Crippen molar-refractivity contribution in [2.45, 2.75) is 39.7 Å². The standard InChI is InChI=1S/C5H11NO2.C3H8N2O/c1-5(2,3)8-4(6)7;1-2-3(6)5-4/h1-3H3,(H2,6,7);2,4H2,1H3,(H,5,6). The Hall–Kier alpha value is -1.30. The van der Waals surface area contributed by atoms with Crippen molar-refractivity contribution in [3.63, 3.8) is 0 Å². The molecule has 0 saturated heterocycles. The minimum absolute atomic E-state index is 0.130. The minimum atomic E-state index is -0.725. The molecule has 5 N–H and O–H groups in total. The average molecular weight is 205 g/mol. The van der Waals surface area contributed by atoms with Gasteiger partial charge in [0.1, 0.15) is 5.60 Å². The molecule has 0 aromatic carbocycles. The van der Waals surface area contributed by atoms with Gasteiger partial charge < -0.3 is 10.5 Å². The number of hydrogen-bond donors (Lipinski definition) is 3. The van der Waals surface area contributed by atoms with Crippen LogP contribution in [0.1, 0.15) is 34.1 Å². The first-order valence-corrected chi connectivity index (χ1v) is 4.20. The summed E-state index contributed by atoms with van der Waals surface area (Å²) in [6, 6.07) is 0. The molecular formula is C8H19N3O3. The van der Waals surface area contributed by atoms with Crippen molar-refractivity contribution in [1.29, 1.82) is 0 Å². The van der Waals surface area contributed by atoms with Crippen LogP contribution in [0, 0.1) is 0 Å². The van der Waals surface area contributed by atoms with Gasteiger partial charge >= 0.3 is 6.09 Å². The van der Waals surface area contributed by atoms with Crippen LogP contribution in [0.3, 0.4) is 0 Å². The summed E-state index contributed by atoms with van der Waals surface area (Å²) in [6.45, 7) is 7.02. The fourth-order valence-electron chi connectivity index (χ4n) is 0.404. The van der Waals surface area contributed by atoms with Crippen LogP contribution in [0.25, 0.3) is 0 Å². The Balaban J connectivity index is 0. The van der Waals surface area contributed by atoms with Gasteiger partial charge in [-0.25, -0.2) is 10.6 Å². The highest BCUT2D eigenvalue weighted by atomic mass is 16.6. The predicted octanol–water partition coefficient (Wildman–Crippen LogP) is 0.267. The summed E-state index contributed by atoms with van der Waals surface area (Å²) >= 11 is 0. The Kier molecular flexibility index (Phi) is 7.74. The van der Waals surface area contributed by atoms with Crippen molar-refractivity contribution in [3.05, 3.63) is 0 Å². The van der Waals surface area contributed by atoms with Gasteiger partial charge in [-0.05, 0) is 20.8 Å². The van der Waals surface area contributed by atoms with Crippen molar-refractivity contribution in [2.75, 3.05) is 0 Å². The van der Waals surface area contributed by atoms with Crippen molar-refractivity contribution in [2.24, 2.45) is 11.6 Å². The fraction of sp³-hybridized carbons (Fsp3) is 0.750. The largest absolute Gasteiger partial charge is 0.444 e. The lowest BCUT2D eigenvalue weighted by Crippen LogP contribution is -2.28. The van der Waals surface area contributed by atoms with E-state index in [0.717, 1.165) is 0 Å². The quantitative estimate of drug-likeness (QED) is 0.324. The SMILES string of the molecule is CC(C)(C)OC(N)=O.CCC(=O)NN. The van der Waals surface area contributed by atoms with Crippen LogP contribution >= 0.6 is 0 Å². The lowest BCUT2D eigenvalue weighted by Gasteiger charge is -2.16. The van der Waals surface area contributed by atoms with Gasteiger partial charge in [0.25, 0.3) is 0 Å². The fourth-order valence-corrected chi connectivity index (χ4v) is 0.404. The summed E-state index contributed by atoms with van der Waals surface area (Å²) in [5, 5.41) is 0. The number of amides is 2. The average Bonchev–Trinajstić information content (AvgIpc) is 1.99. The van der Waals surface area contributed by atoms with E-state index >= 15 is 0 Å². The molecule has 6 nitrogen and oxygen atoms in total. The Morgan fingerprint density at radius 1 is 1.36 bits per heavy atom. The second kappa shape index (κ2) is 7.14. The van der Waals surface area contributed by atoms with Crippen LogP contribution < -0.4 is 17.0 Å². The van der Waals surface area contributed by atoms with Crippen molar-refractivity contribution >= 4 is 12.0 Å². The molecule has 0 bridgehead atoms. The van der Waals surface area contributed by atoms with E-state index in [0.29, 0.717) is 6.42 Å². The third-order valence-corrected chi connectivity index (χ3v) is 0.889. The molecule has 14 heavy (non-hydrogen) atoms. The summed E-state index contributed by atoms with van der Waals surface area (Å²) in [4.78, 5) is 20.0. The van der Waals surface area contributed by atoms with E-state index in [1.54, 1.807) is 27.7 Å². The van der Waals surface area contributed by atoms with E-state index in [1.807, 2.05) is 5.43 Å². The second-order valence-corrected chi connectivity index (χ2v) is 3.45. The van der Waals surface area contributed by atoms with Gasteiger partial charge in [0.05, 0.1) is 0 Å². The first kappa shape index (κ1) is 15.2. The molecule has 0 heterocycles. The first-order valence-electron chi connectivity index (χ1n) is 4.20. The van der Waals surface area contributed by atoms with E-state index < -0.39 is 11.7 Å². The Morgan fingerprint density at radius 3 is 1.79 bits per heavy atom. The van der Waals surface area contributed by atoms with Crippen LogP contribution in [-0.2, 0) is 9.53 Å². The van der Waals surface area contributed by atoms with Crippen LogP contribution in [-0.4, -0.2) is 17.6 Å². The number of hydrazine groups is 1. The molecule has 0 aliphatic heterocycles. The summed E-state index contributed by atoms with van der Waals surface area (Å²) < 4.78 is 4.58. The third-order valence-electron chi connectivity index (χ3n) is 0.889. The van der Waals surface area contributed by atoms with E-state index in [1.165, 1.54) is 0 Å². The molecule has 0 aromatic heterocycles. The molecule has 0 atom stereocenters. The zero-order valence-corrected chi connectivity index (χ0v) is 9.09. The number of rotatable bonds is 1. The number of nitrogens with one attached hydrogen (secondary N) is 1. The highest BCUT2D eigenvalue weighted by molar-refractivity contribution is 5.74. The summed E-state index contributed by atoms with van der Waals surface area (Å²) in [5.41, 5.74) is 6.24. The van der Waals surface area contributed by atoms with Gasteiger partial charge in [0, 0.05) is 6.42 Å². The molecule has 0 aliphatic carbocycles. The Labute approximate surface area is 83.9 Å². The van der Waals surface area contributed by atoms with Gasteiger partial charge in [-0.15, -0.1) is 0 Å². The zero-order chi connectivity index (χ0) is 11.8. The summed E-state index contributed by atoms with van der Waals surface area (Å²) in [5.74, 6) is 4.55. The smallest absolute Gasteiger partial charge is 0.405 e. The molecule has 0 radical (unpaired) electrons. The lowest BCUT2D eigenvalue weighted by atomic mass is 10.2. The molecule has 0 rings (SSSR count). The highest BCUT2D eigenvalue weighted by Crippen LogP contribution is 2.04. The number of ether oxygens (including phenoxy) is 1. The van der Waals surface area contributed by atoms with Crippen molar-refractivity contribution in [1.82, 2.24) is 5.43 Å². The van der Waals surface area contributed by atoms with Gasteiger partial charge in [-0.2, -0.15) is 0 Å². The normalized spacial score (nSPS) is 9.50. The Bertz CT molecular complexity index is 181. The van der Waals surface area contributed by atoms with Crippen LogP contribution in [0.15, 0.2) is 0 Å². The number of nitrogens with two attached hydrogens (primary N) is 2. The molecule has 0 fully saturated rings. The van der Waals surface area contributed by atoms with Crippen molar-refractivity contribution < 1.29 is 14.3 Å². The maximum absolute atomic E-state index is 10.0. The molecule has 0 saturated carbocycles. The molecule has 0 aromatic rings. The molecule has 2 amide bonds. The van der Waals surface area contributed by atoms with Gasteiger partial charge in [-0.3, -0.25) is 10.2 Å². The van der Waals surface area contributed by atoms with Gasteiger partial charge in [0.2, 0.25) is 5.91 Å². The first-order chi connectivity index (χ1) is 6.22. The van der Waals surface area contributed by atoms with Crippen molar-refractivity contribution in [3.8, 4) is 0 Å². The van der Waals surface area contributed by atoms with E-state index in [-0.39, 0.29) is 5.91 Å². The molecular weight excluding hydrogens is 186 g/mol. The summed E-state index contributed by atoms with van der Waals surface area (Å²) in [6.07, 6.45) is -0.270. The number of primary amides is 1. The van der Waals surface area contributed by atoms with Gasteiger partial charge in [0.15, 0.2) is 0 Å². The van der Waals surface area contributed by atoms with Crippen LogP contribution in [0.4, 0.5) is 4.79 Å². The second-order valence-electron chi connectivity index (χ2n) is 3.45. The highest BCUT2D eigenvalue weighted by Gasteiger charge is 2.12. The van der Waals surface area contributed by atoms with Crippen LogP contribution in [0.5, 0.6) is 0 Å². The predicted molar refractivity (Wildman–Crippen MR) is 53.0 cm³/mol. The maximum Gasteiger partial charge on any atom is 0.405 e. The summed E-state index contributed by atoms with van der Waals surface area (Å²) in [7, 11) is 0. The Morgan fingerprint density at radius 2 is 1.79 bits per heavy atom. The lowest BCUT2D eigenvalue weighted by molar-refractivity contribution is -0.120. The van der Waals surface area contributed by atoms with Gasteiger partial charge in [-0.1, -0.05) is 6.92 Å². The number of carbonyl (C=O) groups excluding carboxylic acids is 2. The van der Waals surface area contributed by atoms with E-state index in [9.17, 15) is 9.59 Å². The number of hydrogen-bond acceptors (Lipinski definition) is 4. The molecule has 84 valence electrons. The van der Waals surface area contributed by atoms with Crippen LogP contribution in [0.2, 0.25) is 0 Å². The molecule has 6 heteroatoms. The zero-order valence-electron chi connectivity index (χ0n) is 9.09. The number of carbonyl (C=O) groups is 2. The van der Waals surface area contributed by atoms with E-state index in [2.05, 4.69) is 10.6 Å². The molecule has 0 aliphatic rings. The monoisotopic (exact) mass is 205 g/mol. The molecule has 0 spiro atoms. The topological polar surface area (TPSA) is 107 Å². The maximum atomic E-state index is 10.0. The van der Waals surface area contributed by atoms with E-state index in [4.69, 9.17) is 5.73 Å². The molecule has 0 unspecified atom stereocenters. The third kappa shape index (κ3) is 17.0. The minimum Gasteiger partial charge on any atom is -0.444 e.